The Kier molecular flexibility index (Phi) is 16.1. The molecule has 0 aromatic carbocycles. The molecule has 1 atom stereocenters. The average Bonchev–Trinajstić information content (AvgIpc) is 2.85. The maximum atomic E-state index is 2.62. The molecule has 0 aromatic rings. The molecule has 0 aromatic heterocycles. The first kappa shape index (κ1) is 33.6. The zero-order valence-electron chi connectivity index (χ0n) is 26.8. The van der Waals surface area contributed by atoms with Crippen molar-refractivity contribution in [3.05, 3.63) is 11.6 Å². The highest BCUT2D eigenvalue weighted by molar-refractivity contribution is 5.09. The highest BCUT2D eigenvalue weighted by Gasteiger charge is 2.24. The van der Waals surface area contributed by atoms with Crippen molar-refractivity contribution in [2.75, 3.05) is 39.3 Å². The van der Waals surface area contributed by atoms with Crippen LogP contribution in [-0.4, -0.2) is 72.1 Å². The second-order valence-corrected chi connectivity index (χ2v) is 13.7. The van der Waals surface area contributed by atoms with Gasteiger partial charge in [0, 0.05) is 37.8 Å². The maximum absolute atomic E-state index is 2.62. The summed E-state index contributed by atoms with van der Waals surface area (Å²) in [6, 6.07) is 2.19. The molecule has 2 fully saturated rings. The Morgan fingerprint density at radius 1 is 0.583 bits per heavy atom. The van der Waals surface area contributed by atoms with Crippen LogP contribution < -0.4 is 0 Å². The summed E-state index contributed by atoms with van der Waals surface area (Å²) in [4.78, 5) is 7.74. The number of piperidine rings is 2. The van der Waals surface area contributed by atoms with Crippen molar-refractivity contribution in [2.24, 2.45) is 29.6 Å². The quantitative estimate of drug-likeness (QED) is 0.337. The predicted octanol–water partition coefficient (Wildman–Crippen LogP) is 8.21. The van der Waals surface area contributed by atoms with Gasteiger partial charge in [0.15, 0.2) is 0 Å². The van der Waals surface area contributed by atoms with E-state index in [9.17, 15) is 0 Å². The summed E-state index contributed by atoms with van der Waals surface area (Å²) in [5.41, 5.74) is 1.65. The molecule has 2 saturated heterocycles. The first-order chi connectivity index (χ1) is 16.8. The summed E-state index contributed by atoms with van der Waals surface area (Å²) in [7, 11) is 0. The second kappa shape index (κ2) is 17.3. The number of rotatable bonds is 6. The van der Waals surface area contributed by atoms with Gasteiger partial charge in [-0.1, -0.05) is 53.2 Å². The van der Waals surface area contributed by atoms with Gasteiger partial charge in [-0.3, -0.25) is 4.90 Å². The Hall–Kier alpha value is -0.380. The van der Waals surface area contributed by atoms with Crippen LogP contribution in [-0.2, 0) is 0 Å². The van der Waals surface area contributed by atoms with Crippen LogP contribution in [0, 0.1) is 29.6 Å². The molecule has 1 unspecified atom stereocenters. The molecule has 0 spiro atoms. The molecule has 3 nitrogen and oxygen atoms in total. The SMILES string of the molecule is CC(C)C1=CCN(C(C)C)CC1.CC(C)C1CCCN(C(C)C)C1.CC(C)C1CCN(C(C)C)CC1. The summed E-state index contributed by atoms with van der Waals surface area (Å²) < 4.78 is 0. The summed E-state index contributed by atoms with van der Waals surface area (Å²) in [5.74, 6) is 4.44. The third-order valence-electron chi connectivity index (χ3n) is 9.16. The van der Waals surface area contributed by atoms with Crippen LogP contribution in [0.2, 0.25) is 0 Å². The fraction of sp³-hybridized carbons (Fsp3) is 0.939. The van der Waals surface area contributed by atoms with Crippen molar-refractivity contribution in [1.82, 2.24) is 14.7 Å². The molecule has 3 rings (SSSR count). The highest BCUT2D eigenvalue weighted by Crippen LogP contribution is 2.26. The van der Waals surface area contributed by atoms with Crippen LogP contribution in [0.1, 0.15) is 115 Å². The Labute approximate surface area is 228 Å². The standard InChI is InChI=1S/C11H23N.C11H21N.C11H23N/c2*1-9(2)11-5-7-12(8-6-11)10(3)4;1-9(2)11-6-5-7-12(8-11)10(3)4/h9-11H,5-8H2,1-4H3;5,9-10H,6-8H2,1-4H3;9-11H,5-8H2,1-4H3. The van der Waals surface area contributed by atoms with Gasteiger partial charge in [-0.15, -0.1) is 0 Å². The predicted molar refractivity (Wildman–Crippen MR) is 163 cm³/mol. The van der Waals surface area contributed by atoms with E-state index in [1.54, 1.807) is 5.57 Å². The van der Waals surface area contributed by atoms with Crippen molar-refractivity contribution >= 4 is 0 Å². The number of hydrogen-bond acceptors (Lipinski definition) is 3. The lowest BCUT2D eigenvalue weighted by Gasteiger charge is -2.37. The van der Waals surface area contributed by atoms with Gasteiger partial charge in [0.25, 0.3) is 0 Å². The van der Waals surface area contributed by atoms with E-state index in [4.69, 9.17) is 0 Å². The van der Waals surface area contributed by atoms with E-state index >= 15 is 0 Å². The van der Waals surface area contributed by atoms with Gasteiger partial charge < -0.3 is 9.80 Å². The summed E-state index contributed by atoms with van der Waals surface area (Å²) in [5, 5.41) is 0. The van der Waals surface area contributed by atoms with Crippen LogP contribution in [0.4, 0.5) is 0 Å². The Balaban J connectivity index is 0.000000270. The second-order valence-electron chi connectivity index (χ2n) is 13.7. The van der Waals surface area contributed by atoms with Gasteiger partial charge in [-0.2, -0.15) is 0 Å². The van der Waals surface area contributed by atoms with Crippen molar-refractivity contribution in [2.45, 2.75) is 133 Å². The summed E-state index contributed by atoms with van der Waals surface area (Å²) in [6.45, 7) is 35.5. The van der Waals surface area contributed by atoms with Crippen molar-refractivity contribution < 1.29 is 0 Å². The van der Waals surface area contributed by atoms with E-state index in [0.29, 0.717) is 6.04 Å². The molecule has 0 radical (unpaired) electrons. The molecule has 0 bridgehead atoms. The molecule has 36 heavy (non-hydrogen) atoms. The van der Waals surface area contributed by atoms with E-state index in [0.717, 1.165) is 48.2 Å². The Morgan fingerprint density at radius 3 is 1.50 bits per heavy atom. The molecule has 3 heterocycles. The van der Waals surface area contributed by atoms with E-state index in [-0.39, 0.29) is 0 Å². The number of likely N-dealkylation sites (tertiary alicyclic amines) is 2. The van der Waals surface area contributed by atoms with Gasteiger partial charge >= 0.3 is 0 Å². The van der Waals surface area contributed by atoms with E-state index in [2.05, 4.69) is 104 Å². The summed E-state index contributed by atoms with van der Waals surface area (Å²) in [6.07, 6.45) is 9.36. The number of nitrogens with zero attached hydrogens (tertiary/aromatic N) is 3. The zero-order valence-corrected chi connectivity index (χ0v) is 26.8. The molecular formula is C33H67N3. The van der Waals surface area contributed by atoms with E-state index in [1.165, 1.54) is 64.8 Å². The summed E-state index contributed by atoms with van der Waals surface area (Å²) >= 11 is 0. The van der Waals surface area contributed by atoms with Crippen molar-refractivity contribution in [3.8, 4) is 0 Å². The minimum Gasteiger partial charge on any atom is -0.301 e. The largest absolute Gasteiger partial charge is 0.301 e. The third-order valence-corrected chi connectivity index (χ3v) is 9.16. The zero-order chi connectivity index (χ0) is 27.4. The molecule has 0 amide bonds. The molecule has 214 valence electrons. The van der Waals surface area contributed by atoms with Gasteiger partial charge in [0.2, 0.25) is 0 Å². The lowest BCUT2D eigenvalue weighted by Crippen LogP contribution is -2.41. The minimum atomic E-state index is 0.704. The smallest absolute Gasteiger partial charge is 0.0168 e. The molecule has 3 aliphatic rings. The molecule has 3 heteroatoms. The number of hydrogen-bond donors (Lipinski definition) is 0. The topological polar surface area (TPSA) is 9.72 Å². The fourth-order valence-electron chi connectivity index (χ4n) is 5.85. The van der Waals surface area contributed by atoms with Crippen LogP contribution in [0.15, 0.2) is 11.6 Å². The van der Waals surface area contributed by atoms with Crippen LogP contribution in [0.3, 0.4) is 0 Å². The molecule has 0 aliphatic carbocycles. The van der Waals surface area contributed by atoms with Gasteiger partial charge in [0.05, 0.1) is 0 Å². The molecular weight excluding hydrogens is 438 g/mol. The van der Waals surface area contributed by atoms with Crippen molar-refractivity contribution in [3.63, 3.8) is 0 Å². The van der Waals surface area contributed by atoms with Gasteiger partial charge in [0.1, 0.15) is 0 Å². The first-order valence-electron chi connectivity index (χ1n) is 15.7. The van der Waals surface area contributed by atoms with Crippen LogP contribution >= 0.6 is 0 Å². The van der Waals surface area contributed by atoms with Gasteiger partial charge in [-0.25, -0.2) is 0 Å². The van der Waals surface area contributed by atoms with Gasteiger partial charge in [-0.05, 0) is 123 Å². The maximum Gasteiger partial charge on any atom is 0.0168 e. The molecule has 0 N–H and O–H groups in total. The fourth-order valence-corrected chi connectivity index (χ4v) is 5.85. The Morgan fingerprint density at radius 2 is 1.11 bits per heavy atom. The highest BCUT2D eigenvalue weighted by atomic mass is 15.2. The monoisotopic (exact) mass is 506 g/mol. The molecule has 0 saturated carbocycles. The molecule has 3 aliphatic heterocycles. The minimum absolute atomic E-state index is 0.704. The van der Waals surface area contributed by atoms with E-state index < -0.39 is 0 Å². The lowest BCUT2D eigenvalue weighted by molar-refractivity contribution is 0.117. The van der Waals surface area contributed by atoms with Crippen LogP contribution in [0.5, 0.6) is 0 Å². The third kappa shape index (κ3) is 12.4. The first-order valence-corrected chi connectivity index (χ1v) is 15.7. The van der Waals surface area contributed by atoms with Crippen LogP contribution in [0.25, 0.3) is 0 Å². The normalized spacial score (nSPS) is 23.3. The van der Waals surface area contributed by atoms with E-state index in [1.807, 2.05) is 0 Å². The Bertz CT molecular complexity index is 552. The van der Waals surface area contributed by atoms with Crippen molar-refractivity contribution in [1.29, 1.82) is 0 Å². The lowest BCUT2D eigenvalue weighted by atomic mass is 9.86. The average molecular weight is 506 g/mol.